The molecule has 14 heavy (non-hydrogen) atoms. The van der Waals surface area contributed by atoms with E-state index >= 15 is 0 Å². The number of hydrogen-bond donors (Lipinski definition) is 1. The van der Waals surface area contributed by atoms with Crippen LogP contribution in [0.4, 0.5) is 13.2 Å². The van der Waals surface area contributed by atoms with Gasteiger partial charge in [0.2, 0.25) is 0 Å². The molecule has 2 nitrogen and oxygen atoms in total. The maximum Gasteiger partial charge on any atom is 0.390 e. The summed E-state index contributed by atoms with van der Waals surface area (Å²) < 4.78 is 36.0. The van der Waals surface area contributed by atoms with E-state index in [1.807, 2.05) is 0 Å². The van der Waals surface area contributed by atoms with Crippen molar-refractivity contribution in [1.82, 2.24) is 0 Å². The second kappa shape index (κ2) is 4.00. The summed E-state index contributed by atoms with van der Waals surface area (Å²) in [7, 11) is 0. The molecule has 1 atom stereocenters. The molecule has 0 bridgehead atoms. The summed E-state index contributed by atoms with van der Waals surface area (Å²) in [5.41, 5.74) is 0.208. The molecule has 6 heteroatoms. The summed E-state index contributed by atoms with van der Waals surface area (Å²) in [5, 5.41) is 11.6. The van der Waals surface area contributed by atoms with Crippen molar-refractivity contribution in [2.75, 3.05) is 0 Å². The van der Waals surface area contributed by atoms with Crippen molar-refractivity contribution < 1.29 is 23.1 Å². The summed E-state index contributed by atoms with van der Waals surface area (Å²) in [6.07, 6.45) is -5.77. The second-order valence-electron chi connectivity index (χ2n) is 2.77. The minimum absolute atomic E-state index is 0.208. The average molecular weight is 224 g/mol. The minimum Gasteiger partial charge on any atom is -0.481 e. The van der Waals surface area contributed by atoms with Gasteiger partial charge < -0.3 is 5.11 Å². The van der Waals surface area contributed by atoms with E-state index in [-0.39, 0.29) is 5.56 Å². The molecule has 1 aromatic heterocycles. The van der Waals surface area contributed by atoms with Crippen LogP contribution in [-0.2, 0) is 4.79 Å². The van der Waals surface area contributed by atoms with Crippen LogP contribution in [0.2, 0.25) is 0 Å². The molecule has 0 aliphatic heterocycles. The van der Waals surface area contributed by atoms with Gasteiger partial charge >= 0.3 is 12.1 Å². The number of aliphatic carboxylic acids is 1. The van der Waals surface area contributed by atoms with E-state index in [1.165, 1.54) is 22.8 Å². The number of hydrogen-bond acceptors (Lipinski definition) is 2. The molecule has 0 unspecified atom stereocenters. The second-order valence-corrected chi connectivity index (χ2v) is 3.55. The van der Waals surface area contributed by atoms with Gasteiger partial charge in [-0.3, -0.25) is 4.79 Å². The monoisotopic (exact) mass is 224 g/mol. The maximum absolute atomic E-state index is 12.0. The molecule has 0 aliphatic rings. The van der Waals surface area contributed by atoms with Crippen LogP contribution in [0.5, 0.6) is 0 Å². The third-order valence-corrected chi connectivity index (χ3v) is 2.38. The van der Waals surface area contributed by atoms with Crippen molar-refractivity contribution in [2.24, 2.45) is 0 Å². The van der Waals surface area contributed by atoms with E-state index in [4.69, 9.17) is 5.11 Å². The molecule has 0 amide bonds. The van der Waals surface area contributed by atoms with Crippen molar-refractivity contribution >= 4 is 17.3 Å². The van der Waals surface area contributed by atoms with E-state index in [1.54, 1.807) is 5.38 Å². The molecule has 1 rings (SSSR count). The molecular weight excluding hydrogens is 217 g/mol. The number of carboxylic acid groups (broad SMARTS) is 1. The third-order valence-electron chi connectivity index (χ3n) is 1.68. The Balaban J connectivity index is 2.82. The zero-order valence-electron chi connectivity index (χ0n) is 6.91. The van der Waals surface area contributed by atoms with Crippen molar-refractivity contribution in [1.29, 1.82) is 0 Å². The fourth-order valence-corrected chi connectivity index (χ4v) is 1.77. The van der Waals surface area contributed by atoms with Gasteiger partial charge in [0.05, 0.1) is 12.3 Å². The quantitative estimate of drug-likeness (QED) is 0.857. The number of thiophene rings is 1. The zero-order chi connectivity index (χ0) is 10.8. The van der Waals surface area contributed by atoms with Crippen LogP contribution in [0, 0.1) is 0 Å². The normalized spacial score (nSPS) is 13.9. The standard InChI is InChI=1S/C8H7F3O2S/c9-8(10,11)3-6(7(12)13)5-1-2-14-4-5/h1-2,4,6H,3H2,(H,12,13)/t6-/m1/s1. The number of rotatable bonds is 3. The van der Waals surface area contributed by atoms with Crippen LogP contribution >= 0.6 is 11.3 Å². The van der Waals surface area contributed by atoms with Gasteiger partial charge in [-0.05, 0) is 22.4 Å². The molecule has 1 aromatic rings. The van der Waals surface area contributed by atoms with E-state index in [2.05, 4.69) is 0 Å². The maximum atomic E-state index is 12.0. The van der Waals surface area contributed by atoms with Crippen molar-refractivity contribution in [3.8, 4) is 0 Å². The first kappa shape index (κ1) is 11.0. The predicted octanol–water partition coefficient (Wildman–Crippen LogP) is 2.87. The molecule has 0 aromatic carbocycles. The van der Waals surface area contributed by atoms with Crippen LogP contribution in [0.1, 0.15) is 17.9 Å². The lowest BCUT2D eigenvalue weighted by Crippen LogP contribution is -2.20. The third kappa shape index (κ3) is 3.02. The van der Waals surface area contributed by atoms with Gasteiger partial charge in [-0.15, -0.1) is 0 Å². The first-order chi connectivity index (χ1) is 6.40. The van der Waals surface area contributed by atoms with Gasteiger partial charge in [0.1, 0.15) is 0 Å². The van der Waals surface area contributed by atoms with Gasteiger partial charge in [0, 0.05) is 0 Å². The number of carboxylic acids is 1. The lowest BCUT2D eigenvalue weighted by atomic mass is 9.99. The van der Waals surface area contributed by atoms with Crippen molar-refractivity contribution in [2.45, 2.75) is 18.5 Å². The highest BCUT2D eigenvalue weighted by Crippen LogP contribution is 2.32. The molecule has 0 saturated carbocycles. The summed E-state index contributed by atoms with van der Waals surface area (Å²) >= 11 is 1.18. The molecule has 0 spiro atoms. The van der Waals surface area contributed by atoms with Gasteiger partial charge in [-0.25, -0.2) is 0 Å². The molecular formula is C8H7F3O2S. The van der Waals surface area contributed by atoms with E-state index in [9.17, 15) is 18.0 Å². The number of carbonyl (C=O) groups is 1. The first-order valence-corrected chi connectivity index (χ1v) is 4.66. The summed E-state index contributed by atoms with van der Waals surface area (Å²) in [6, 6.07) is 1.40. The lowest BCUT2D eigenvalue weighted by molar-refractivity contribution is -0.157. The van der Waals surface area contributed by atoms with Gasteiger partial charge in [0.15, 0.2) is 0 Å². The molecule has 0 saturated heterocycles. The summed E-state index contributed by atoms with van der Waals surface area (Å²) in [5.74, 6) is -2.93. The van der Waals surface area contributed by atoms with E-state index < -0.39 is 24.5 Å². The Morgan fingerprint density at radius 2 is 2.21 bits per heavy atom. The molecule has 1 N–H and O–H groups in total. The van der Waals surface area contributed by atoms with Crippen LogP contribution in [0.3, 0.4) is 0 Å². The van der Waals surface area contributed by atoms with Gasteiger partial charge in [0.25, 0.3) is 0 Å². The Bertz CT molecular complexity index is 305. The highest BCUT2D eigenvalue weighted by Gasteiger charge is 2.36. The molecule has 1 heterocycles. The Hall–Kier alpha value is -1.04. The first-order valence-electron chi connectivity index (χ1n) is 3.72. The lowest BCUT2D eigenvalue weighted by Gasteiger charge is -2.12. The molecule has 0 fully saturated rings. The zero-order valence-corrected chi connectivity index (χ0v) is 7.73. The smallest absolute Gasteiger partial charge is 0.390 e. The number of halogens is 3. The Labute approximate surface area is 82.0 Å². The van der Waals surface area contributed by atoms with Gasteiger partial charge in [-0.1, -0.05) is 0 Å². The van der Waals surface area contributed by atoms with Crippen LogP contribution in [-0.4, -0.2) is 17.3 Å². The Morgan fingerprint density at radius 1 is 1.57 bits per heavy atom. The molecule has 0 aliphatic carbocycles. The van der Waals surface area contributed by atoms with E-state index in [0.717, 1.165) is 0 Å². The topological polar surface area (TPSA) is 37.3 Å². The highest BCUT2D eigenvalue weighted by molar-refractivity contribution is 7.08. The molecule has 78 valence electrons. The number of alkyl halides is 3. The van der Waals surface area contributed by atoms with E-state index in [0.29, 0.717) is 0 Å². The van der Waals surface area contributed by atoms with Crippen molar-refractivity contribution in [3.63, 3.8) is 0 Å². The average Bonchev–Trinajstić information content (AvgIpc) is 2.49. The SMILES string of the molecule is O=C(O)[C@H](CC(F)(F)F)c1ccsc1. The Morgan fingerprint density at radius 3 is 2.57 bits per heavy atom. The summed E-state index contributed by atoms with van der Waals surface area (Å²) in [4.78, 5) is 10.6. The van der Waals surface area contributed by atoms with Crippen LogP contribution in [0.15, 0.2) is 16.8 Å². The molecule has 0 radical (unpaired) electrons. The minimum atomic E-state index is -4.45. The Kier molecular flexibility index (Phi) is 3.15. The largest absolute Gasteiger partial charge is 0.481 e. The van der Waals surface area contributed by atoms with Crippen LogP contribution < -0.4 is 0 Å². The predicted molar refractivity (Wildman–Crippen MR) is 45.4 cm³/mol. The fraction of sp³-hybridized carbons (Fsp3) is 0.375. The fourth-order valence-electron chi connectivity index (χ4n) is 1.05. The van der Waals surface area contributed by atoms with Gasteiger partial charge in [-0.2, -0.15) is 24.5 Å². The van der Waals surface area contributed by atoms with Crippen LogP contribution in [0.25, 0.3) is 0 Å². The highest BCUT2D eigenvalue weighted by atomic mass is 32.1. The van der Waals surface area contributed by atoms with Crippen molar-refractivity contribution in [3.05, 3.63) is 22.4 Å². The summed E-state index contributed by atoms with van der Waals surface area (Å²) in [6.45, 7) is 0.